The molecule has 0 radical (unpaired) electrons. The monoisotopic (exact) mass is 375 g/mol. The molecule has 4 aromatic rings. The first-order chi connectivity index (χ1) is 12.5. The normalized spacial score (nSPS) is 11.8. The van der Waals surface area contributed by atoms with Crippen LogP contribution in [-0.4, -0.2) is 25.7 Å². The predicted molar refractivity (Wildman–Crippen MR) is 95.3 cm³/mol. The van der Waals surface area contributed by atoms with Gasteiger partial charge in [0.1, 0.15) is 0 Å². The molecule has 0 saturated heterocycles. The average molecular weight is 375 g/mol. The summed E-state index contributed by atoms with van der Waals surface area (Å²) in [5.41, 5.74) is -0.166. The number of benzene rings is 2. The Labute approximate surface area is 150 Å². The van der Waals surface area contributed by atoms with Crippen LogP contribution in [0, 0.1) is 0 Å². The van der Waals surface area contributed by atoms with Gasteiger partial charge in [0.15, 0.2) is 0 Å². The van der Waals surface area contributed by atoms with Crippen molar-refractivity contribution in [1.82, 2.24) is 20.2 Å². The fourth-order valence-electron chi connectivity index (χ4n) is 2.53. The molecule has 5 nitrogen and oxygen atoms in total. The number of alkyl halides is 3. The molecule has 0 atom stereocenters. The van der Waals surface area contributed by atoms with Gasteiger partial charge in [0.25, 0.3) is 0 Å². The number of H-pyrrole nitrogens is 2. The number of fused-ring (bicyclic) bond motifs is 1. The number of imidazole rings is 1. The van der Waals surface area contributed by atoms with Gasteiger partial charge in [-0.2, -0.15) is 18.3 Å². The molecule has 3 N–H and O–H groups in total. The molecule has 0 fully saturated rings. The molecule has 2 heterocycles. The molecule has 0 aliphatic heterocycles. The first-order valence-electron chi connectivity index (χ1n) is 7.59. The van der Waals surface area contributed by atoms with Crippen molar-refractivity contribution in [2.24, 2.45) is 0 Å². The number of hydrogen-bond acceptors (Lipinski definition) is 4. The number of rotatable bonds is 4. The van der Waals surface area contributed by atoms with E-state index in [0.717, 1.165) is 22.3 Å². The van der Waals surface area contributed by atoms with Gasteiger partial charge in [0.05, 0.1) is 16.7 Å². The Morgan fingerprint density at radius 2 is 1.81 bits per heavy atom. The maximum Gasteiger partial charge on any atom is 0.446 e. The van der Waals surface area contributed by atoms with Crippen molar-refractivity contribution in [2.45, 2.75) is 10.4 Å². The lowest BCUT2D eigenvalue weighted by atomic mass is 10.1. The van der Waals surface area contributed by atoms with E-state index < -0.39 is 5.51 Å². The molecule has 0 aliphatic carbocycles. The van der Waals surface area contributed by atoms with Crippen molar-refractivity contribution in [3.05, 3.63) is 54.7 Å². The summed E-state index contributed by atoms with van der Waals surface area (Å²) in [4.78, 5) is 7.73. The van der Waals surface area contributed by atoms with Gasteiger partial charge in [-0.05, 0) is 54.2 Å². The van der Waals surface area contributed by atoms with Crippen molar-refractivity contribution >= 4 is 34.4 Å². The van der Waals surface area contributed by atoms with E-state index in [0.29, 0.717) is 11.6 Å². The van der Waals surface area contributed by atoms with Crippen molar-refractivity contribution in [2.75, 3.05) is 5.32 Å². The highest BCUT2D eigenvalue weighted by molar-refractivity contribution is 8.00. The van der Waals surface area contributed by atoms with Crippen LogP contribution in [0.5, 0.6) is 0 Å². The fraction of sp³-hybridized carbons (Fsp3) is 0.0588. The first-order valence-corrected chi connectivity index (χ1v) is 8.40. The number of halogens is 3. The summed E-state index contributed by atoms with van der Waals surface area (Å²) in [6, 6.07) is 13.6. The Hall–Kier alpha value is -2.94. The summed E-state index contributed by atoms with van der Waals surface area (Å²) in [5.74, 6) is 0.512. The predicted octanol–water partition coefficient (Wildman–Crippen LogP) is 5.31. The summed E-state index contributed by atoms with van der Waals surface area (Å²) >= 11 is -0.139. The van der Waals surface area contributed by atoms with Gasteiger partial charge in [-0.25, -0.2) is 4.98 Å². The molecule has 0 unspecified atom stereocenters. The largest absolute Gasteiger partial charge is 0.446 e. The zero-order valence-corrected chi connectivity index (χ0v) is 13.9. The second-order valence-corrected chi connectivity index (χ2v) is 6.62. The zero-order valence-electron chi connectivity index (χ0n) is 13.1. The molecule has 4 rings (SSSR count). The fourth-order valence-corrected chi connectivity index (χ4v) is 3.07. The number of nitrogens with one attached hydrogen (secondary N) is 3. The minimum atomic E-state index is -4.29. The highest BCUT2D eigenvalue weighted by Crippen LogP contribution is 2.37. The van der Waals surface area contributed by atoms with E-state index in [9.17, 15) is 13.2 Å². The lowest BCUT2D eigenvalue weighted by Crippen LogP contribution is -1.99. The van der Waals surface area contributed by atoms with Gasteiger partial charge in [0, 0.05) is 22.3 Å². The third-order valence-corrected chi connectivity index (χ3v) is 4.38. The second-order valence-electron chi connectivity index (χ2n) is 5.48. The van der Waals surface area contributed by atoms with E-state index in [1.807, 2.05) is 24.3 Å². The van der Waals surface area contributed by atoms with Crippen molar-refractivity contribution in [3.8, 4) is 11.3 Å². The van der Waals surface area contributed by atoms with Crippen LogP contribution in [0.2, 0.25) is 0 Å². The molecular formula is C17H12F3N5S. The number of hydrogen-bond donors (Lipinski definition) is 3. The summed E-state index contributed by atoms with van der Waals surface area (Å²) < 4.78 is 37.1. The standard InChI is InChI=1S/C17H12F3N5S/c18-17(19,20)26-12-4-2-11(3-5-12)22-16-23-14-6-1-10(9-15(14)24-16)13-7-8-21-25-13/h1-9H,(H,21,25)(H2,22,23,24). The highest BCUT2D eigenvalue weighted by Gasteiger charge is 2.29. The molecule has 0 spiro atoms. The van der Waals surface area contributed by atoms with Crippen LogP contribution < -0.4 is 5.32 Å². The van der Waals surface area contributed by atoms with E-state index in [1.54, 1.807) is 18.3 Å². The highest BCUT2D eigenvalue weighted by atomic mass is 32.2. The maximum absolute atomic E-state index is 12.4. The van der Waals surface area contributed by atoms with E-state index in [4.69, 9.17) is 0 Å². The Balaban J connectivity index is 1.54. The van der Waals surface area contributed by atoms with Crippen molar-refractivity contribution < 1.29 is 13.2 Å². The van der Waals surface area contributed by atoms with E-state index in [1.165, 1.54) is 12.1 Å². The Bertz CT molecular complexity index is 1020. The van der Waals surface area contributed by atoms with Crippen molar-refractivity contribution in [1.29, 1.82) is 0 Å². The zero-order chi connectivity index (χ0) is 18.1. The smallest absolute Gasteiger partial charge is 0.326 e. The number of nitrogens with zero attached hydrogens (tertiary/aromatic N) is 2. The van der Waals surface area contributed by atoms with Crippen LogP contribution in [0.15, 0.2) is 59.6 Å². The second kappa shape index (κ2) is 6.41. The van der Waals surface area contributed by atoms with Crippen LogP contribution in [0.25, 0.3) is 22.3 Å². The number of anilines is 2. The molecule has 2 aromatic carbocycles. The molecule has 2 aromatic heterocycles. The van der Waals surface area contributed by atoms with Gasteiger partial charge in [0.2, 0.25) is 5.95 Å². The SMILES string of the molecule is FC(F)(F)Sc1ccc(Nc2nc3ccc(-c4ccn[nH]4)cc3[nH]2)cc1. The van der Waals surface area contributed by atoms with E-state index in [-0.39, 0.29) is 16.7 Å². The molecule has 9 heteroatoms. The lowest BCUT2D eigenvalue weighted by Gasteiger charge is -2.07. The molecule has 0 saturated carbocycles. The van der Waals surface area contributed by atoms with Crippen LogP contribution in [-0.2, 0) is 0 Å². The van der Waals surface area contributed by atoms with Gasteiger partial charge >= 0.3 is 5.51 Å². The van der Waals surface area contributed by atoms with Gasteiger partial charge in [-0.3, -0.25) is 5.10 Å². The number of aromatic amines is 2. The maximum atomic E-state index is 12.4. The number of thioether (sulfide) groups is 1. The summed E-state index contributed by atoms with van der Waals surface area (Å²) in [6.45, 7) is 0. The minimum Gasteiger partial charge on any atom is -0.326 e. The van der Waals surface area contributed by atoms with Gasteiger partial charge in [-0.1, -0.05) is 6.07 Å². The third kappa shape index (κ3) is 3.67. The van der Waals surface area contributed by atoms with Crippen LogP contribution in [0.3, 0.4) is 0 Å². The molecule has 0 bridgehead atoms. The van der Waals surface area contributed by atoms with Gasteiger partial charge in [-0.15, -0.1) is 0 Å². The Kier molecular flexibility index (Phi) is 4.08. The molecule has 0 amide bonds. The first kappa shape index (κ1) is 16.5. The summed E-state index contributed by atoms with van der Waals surface area (Å²) in [5, 5.41) is 9.90. The molecule has 132 valence electrons. The Morgan fingerprint density at radius 1 is 1.00 bits per heavy atom. The summed E-state index contributed by atoms with van der Waals surface area (Å²) in [7, 11) is 0. The van der Waals surface area contributed by atoms with Gasteiger partial charge < -0.3 is 10.3 Å². The average Bonchev–Trinajstić information content (AvgIpc) is 3.23. The molecular weight excluding hydrogens is 363 g/mol. The number of aromatic nitrogens is 4. The quantitative estimate of drug-likeness (QED) is 0.423. The molecule has 26 heavy (non-hydrogen) atoms. The van der Waals surface area contributed by atoms with E-state index >= 15 is 0 Å². The molecule has 0 aliphatic rings. The van der Waals surface area contributed by atoms with Crippen LogP contribution in [0.1, 0.15) is 0 Å². The van der Waals surface area contributed by atoms with E-state index in [2.05, 4.69) is 25.5 Å². The van der Waals surface area contributed by atoms with Crippen LogP contribution >= 0.6 is 11.8 Å². The lowest BCUT2D eigenvalue weighted by molar-refractivity contribution is -0.0328. The van der Waals surface area contributed by atoms with Crippen LogP contribution in [0.4, 0.5) is 24.8 Å². The van der Waals surface area contributed by atoms with Crippen molar-refractivity contribution in [3.63, 3.8) is 0 Å². The minimum absolute atomic E-state index is 0.136. The Morgan fingerprint density at radius 3 is 2.50 bits per heavy atom. The third-order valence-electron chi connectivity index (χ3n) is 3.64. The summed E-state index contributed by atoms with van der Waals surface area (Å²) in [6.07, 6.45) is 1.68. The topological polar surface area (TPSA) is 69.4 Å².